The van der Waals surface area contributed by atoms with E-state index >= 15 is 0 Å². The quantitative estimate of drug-likeness (QED) is 0.831. The second kappa shape index (κ2) is 5.92. The Hall–Kier alpha value is -2.15. The maximum absolute atomic E-state index is 12.6. The average Bonchev–Trinajstić information content (AvgIpc) is 2.46. The molecule has 1 saturated heterocycles. The van der Waals surface area contributed by atoms with E-state index in [-0.39, 0.29) is 30.6 Å². The van der Waals surface area contributed by atoms with Crippen molar-refractivity contribution < 1.29 is 14.3 Å². The molecule has 0 atom stereocenters. The van der Waals surface area contributed by atoms with E-state index in [1.54, 1.807) is 23.2 Å². The lowest BCUT2D eigenvalue weighted by atomic mass is 9.92. The standard InChI is InChI=1S/C15H21N3O4/c1-15(2,18-9-7-12(19)16(3)14(18)21)11-6-5-8-17(10-22-4)13(11)20/h5-6,8H,7,9-10H2,1-4H3. The zero-order valence-electron chi connectivity index (χ0n) is 13.3. The number of hydrogen-bond acceptors (Lipinski definition) is 4. The highest BCUT2D eigenvalue weighted by Gasteiger charge is 2.40. The normalized spacial score (nSPS) is 16.4. The highest BCUT2D eigenvalue weighted by atomic mass is 16.5. The van der Waals surface area contributed by atoms with Crippen LogP contribution in [0, 0.1) is 0 Å². The molecule has 0 unspecified atom stereocenters. The van der Waals surface area contributed by atoms with Gasteiger partial charge in [-0.05, 0) is 26.0 Å². The minimum Gasteiger partial charge on any atom is -0.364 e. The molecule has 0 radical (unpaired) electrons. The van der Waals surface area contributed by atoms with Crippen LogP contribution in [-0.2, 0) is 21.8 Å². The molecule has 3 amide bonds. The first-order chi connectivity index (χ1) is 10.3. The van der Waals surface area contributed by atoms with Gasteiger partial charge in [0.05, 0.1) is 5.54 Å². The van der Waals surface area contributed by atoms with Gasteiger partial charge in [-0.3, -0.25) is 19.1 Å². The average molecular weight is 307 g/mol. The largest absolute Gasteiger partial charge is 0.364 e. The number of rotatable bonds is 4. The predicted molar refractivity (Wildman–Crippen MR) is 80.2 cm³/mol. The molecule has 0 aliphatic carbocycles. The van der Waals surface area contributed by atoms with Gasteiger partial charge in [0, 0.05) is 38.9 Å². The number of carbonyl (C=O) groups is 2. The summed E-state index contributed by atoms with van der Waals surface area (Å²) in [4.78, 5) is 39.2. The van der Waals surface area contributed by atoms with Crippen LogP contribution in [0.4, 0.5) is 4.79 Å². The lowest BCUT2D eigenvalue weighted by Gasteiger charge is -2.42. The summed E-state index contributed by atoms with van der Waals surface area (Å²) >= 11 is 0. The van der Waals surface area contributed by atoms with Crippen molar-refractivity contribution in [3.63, 3.8) is 0 Å². The van der Waals surface area contributed by atoms with Crippen molar-refractivity contribution in [3.05, 3.63) is 34.2 Å². The number of ether oxygens (including phenoxy) is 1. The molecule has 2 rings (SSSR count). The topological polar surface area (TPSA) is 71.8 Å². The predicted octanol–water partition coefficient (Wildman–Crippen LogP) is 0.971. The number of amides is 3. The van der Waals surface area contributed by atoms with Gasteiger partial charge in [0.25, 0.3) is 5.56 Å². The van der Waals surface area contributed by atoms with Crippen molar-refractivity contribution in [1.29, 1.82) is 0 Å². The Morgan fingerprint density at radius 3 is 2.59 bits per heavy atom. The first kappa shape index (κ1) is 16.2. The Labute approximate surface area is 129 Å². The number of imide groups is 1. The van der Waals surface area contributed by atoms with Gasteiger partial charge in [-0.15, -0.1) is 0 Å². The first-order valence-corrected chi connectivity index (χ1v) is 7.07. The van der Waals surface area contributed by atoms with E-state index < -0.39 is 5.54 Å². The van der Waals surface area contributed by atoms with Crippen molar-refractivity contribution in [1.82, 2.24) is 14.4 Å². The maximum Gasteiger partial charge on any atom is 0.327 e. The molecule has 1 aromatic rings. The summed E-state index contributed by atoms with van der Waals surface area (Å²) in [5.74, 6) is -0.207. The Morgan fingerprint density at radius 2 is 1.95 bits per heavy atom. The van der Waals surface area contributed by atoms with Gasteiger partial charge in [0.1, 0.15) is 6.73 Å². The van der Waals surface area contributed by atoms with Crippen molar-refractivity contribution >= 4 is 11.9 Å². The van der Waals surface area contributed by atoms with Crippen LogP contribution in [0.3, 0.4) is 0 Å². The van der Waals surface area contributed by atoms with E-state index in [9.17, 15) is 14.4 Å². The first-order valence-electron chi connectivity index (χ1n) is 7.07. The van der Waals surface area contributed by atoms with Crippen LogP contribution in [0.25, 0.3) is 0 Å². The lowest BCUT2D eigenvalue weighted by molar-refractivity contribution is -0.130. The second-order valence-electron chi connectivity index (χ2n) is 5.81. The number of pyridine rings is 1. The van der Waals surface area contributed by atoms with E-state index in [0.29, 0.717) is 12.1 Å². The van der Waals surface area contributed by atoms with Crippen LogP contribution >= 0.6 is 0 Å². The van der Waals surface area contributed by atoms with Crippen LogP contribution in [0.15, 0.2) is 23.1 Å². The summed E-state index contributed by atoms with van der Waals surface area (Å²) in [7, 11) is 2.97. The zero-order chi connectivity index (χ0) is 16.5. The Kier molecular flexibility index (Phi) is 4.37. The van der Waals surface area contributed by atoms with Gasteiger partial charge in [-0.1, -0.05) is 0 Å². The molecule has 1 aliphatic rings. The van der Waals surface area contributed by atoms with Crippen LogP contribution in [0.2, 0.25) is 0 Å². The molecule has 0 aromatic carbocycles. The number of urea groups is 1. The summed E-state index contributed by atoms with van der Waals surface area (Å²) in [6.45, 7) is 4.06. The molecule has 7 heteroatoms. The Bertz CT molecular complexity index is 650. The van der Waals surface area contributed by atoms with Gasteiger partial charge in [0.15, 0.2) is 0 Å². The molecule has 0 bridgehead atoms. The molecule has 0 saturated carbocycles. The molecular formula is C15H21N3O4. The fraction of sp³-hybridized carbons (Fsp3) is 0.533. The molecule has 2 heterocycles. The smallest absolute Gasteiger partial charge is 0.327 e. The monoisotopic (exact) mass is 307 g/mol. The van der Waals surface area contributed by atoms with Crippen molar-refractivity contribution in [2.45, 2.75) is 32.5 Å². The number of aromatic nitrogens is 1. The highest BCUT2D eigenvalue weighted by molar-refractivity contribution is 5.96. The van der Waals surface area contributed by atoms with E-state index in [1.165, 1.54) is 18.7 Å². The molecule has 0 spiro atoms. The van der Waals surface area contributed by atoms with Crippen molar-refractivity contribution in [2.24, 2.45) is 0 Å². The van der Waals surface area contributed by atoms with Crippen molar-refractivity contribution in [3.8, 4) is 0 Å². The zero-order valence-corrected chi connectivity index (χ0v) is 13.3. The highest BCUT2D eigenvalue weighted by Crippen LogP contribution is 2.28. The molecule has 0 N–H and O–H groups in total. The Morgan fingerprint density at radius 1 is 1.27 bits per heavy atom. The third-order valence-corrected chi connectivity index (χ3v) is 4.06. The van der Waals surface area contributed by atoms with Crippen LogP contribution in [0.1, 0.15) is 25.8 Å². The van der Waals surface area contributed by atoms with Crippen LogP contribution in [-0.4, -0.2) is 47.0 Å². The third-order valence-electron chi connectivity index (χ3n) is 4.06. The van der Waals surface area contributed by atoms with E-state index in [2.05, 4.69) is 0 Å². The second-order valence-corrected chi connectivity index (χ2v) is 5.81. The van der Waals surface area contributed by atoms with Gasteiger partial charge in [-0.25, -0.2) is 4.79 Å². The lowest BCUT2D eigenvalue weighted by Crippen LogP contribution is -2.58. The van der Waals surface area contributed by atoms with Gasteiger partial charge in [0.2, 0.25) is 5.91 Å². The molecule has 1 aliphatic heterocycles. The third kappa shape index (κ3) is 2.64. The summed E-state index contributed by atoms with van der Waals surface area (Å²) < 4.78 is 6.45. The summed E-state index contributed by atoms with van der Waals surface area (Å²) in [6.07, 6.45) is 1.89. The summed E-state index contributed by atoms with van der Waals surface area (Å²) in [5.41, 5.74) is -0.537. The Balaban J connectivity index is 2.42. The molecule has 7 nitrogen and oxygen atoms in total. The molecule has 1 fully saturated rings. The van der Waals surface area contributed by atoms with Crippen LogP contribution < -0.4 is 5.56 Å². The van der Waals surface area contributed by atoms with Gasteiger partial charge in [-0.2, -0.15) is 0 Å². The summed E-state index contributed by atoms with van der Waals surface area (Å²) in [6, 6.07) is 3.07. The SMILES string of the molecule is COCn1cccc(C(C)(C)N2CCC(=O)N(C)C2=O)c1=O. The number of carbonyl (C=O) groups excluding carboxylic acids is 2. The van der Waals surface area contributed by atoms with E-state index in [0.717, 1.165) is 4.90 Å². The molecule has 22 heavy (non-hydrogen) atoms. The minimum absolute atomic E-state index is 0.148. The van der Waals surface area contributed by atoms with Crippen molar-refractivity contribution in [2.75, 3.05) is 20.7 Å². The van der Waals surface area contributed by atoms with E-state index in [4.69, 9.17) is 4.74 Å². The van der Waals surface area contributed by atoms with Crippen LogP contribution in [0.5, 0.6) is 0 Å². The van der Waals surface area contributed by atoms with Gasteiger partial charge >= 0.3 is 6.03 Å². The molecule has 120 valence electrons. The molecular weight excluding hydrogens is 286 g/mol. The minimum atomic E-state index is -0.820. The van der Waals surface area contributed by atoms with E-state index in [1.807, 2.05) is 13.8 Å². The van der Waals surface area contributed by atoms with Gasteiger partial charge < -0.3 is 9.64 Å². The molecule has 1 aromatic heterocycles. The fourth-order valence-electron chi connectivity index (χ4n) is 2.67. The maximum atomic E-state index is 12.6. The number of hydrogen-bond donors (Lipinski definition) is 0. The number of nitrogens with zero attached hydrogens (tertiary/aromatic N) is 3. The summed E-state index contributed by atoms with van der Waals surface area (Å²) in [5, 5.41) is 0. The number of methoxy groups -OCH3 is 1. The fourth-order valence-corrected chi connectivity index (χ4v) is 2.67.